The number of benzene rings is 2. The molecule has 1 N–H and O–H groups in total. The maximum absolute atomic E-state index is 13.1. The summed E-state index contributed by atoms with van der Waals surface area (Å²) in [6, 6.07) is 15.9. The molecule has 4 rings (SSSR count). The fourth-order valence-corrected chi connectivity index (χ4v) is 4.77. The van der Waals surface area contributed by atoms with Crippen molar-refractivity contribution in [3.05, 3.63) is 77.3 Å². The van der Waals surface area contributed by atoms with Crippen molar-refractivity contribution in [1.82, 2.24) is 0 Å². The molecule has 0 aliphatic heterocycles. The van der Waals surface area contributed by atoms with Crippen molar-refractivity contribution >= 4 is 17.7 Å². The molecule has 1 aliphatic carbocycles. The summed E-state index contributed by atoms with van der Waals surface area (Å²) in [6.07, 6.45) is 2.45. The third-order valence-corrected chi connectivity index (χ3v) is 7.12. The summed E-state index contributed by atoms with van der Waals surface area (Å²) in [4.78, 5) is 11.5. The highest BCUT2D eigenvalue weighted by Crippen LogP contribution is 2.45. The lowest BCUT2D eigenvalue weighted by Crippen LogP contribution is -2.41. The lowest BCUT2D eigenvalue weighted by atomic mass is 9.84. The first kappa shape index (κ1) is 20.5. The summed E-state index contributed by atoms with van der Waals surface area (Å²) < 4.78 is 24.3. The van der Waals surface area contributed by atoms with Crippen molar-refractivity contribution in [2.24, 2.45) is 0 Å². The van der Waals surface area contributed by atoms with Gasteiger partial charge in [0, 0.05) is 16.9 Å². The monoisotopic (exact) mass is 426 g/mol. The topological polar surface area (TPSA) is 59.7 Å². The highest BCUT2D eigenvalue weighted by molar-refractivity contribution is 8.00. The molecule has 0 atom stereocenters. The second kappa shape index (κ2) is 8.56. The number of ether oxygens (including phenoxy) is 1. The van der Waals surface area contributed by atoms with Gasteiger partial charge in [-0.15, -0.1) is 11.8 Å². The first-order chi connectivity index (χ1) is 14.4. The number of aliphatic carboxylic acids is 1. The molecule has 30 heavy (non-hydrogen) atoms. The van der Waals surface area contributed by atoms with Crippen molar-refractivity contribution in [1.29, 1.82) is 0 Å². The van der Waals surface area contributed by atoms with Crippen LogP contribution in [0, 0.1) is 12.7 Å². The first-order valence-electron chi connectivity index (χ1n) is 9.89. The zero-order valence-electron chi connectivity index (χ0n) is 16.7. The molecule has 6 heteroatoms. The second-order valence-corrected chi connectivity index (χ2v) is 8.94. The largest absolute Gasteiger partial charge is 0.489 e. The van der Waals surface area contributed by atoms with E-state index in [2.05, 4.69) is 0 Å². The van der Waals surface area contributed by atoms with E-state index in [0.29, 0.717) is 18.1 Å². The van der Waals surface area contributed by atoms with Gasteiger partial charge in [-0.2, -0.15) is 0 Å². The number of carboxylic acids is 1. The summed E-state index contributed by atoms with van der Waals surface area (Å²) in [5.74, 6) is 1.82. The average Bonchev–Trinajstić information content (AvgIpc) is 3.07. The van der Waals surface area contributed by atoms with Gasteiger partial charge < -0.3 is 14.3 Å². The molecule has 1 heterocycles. The van der Waals surface area contributed by atoms with Crippen LogP contribution in [0.5, 0.6) is 5.75 Å². The normalized spacial score (nSPS) is 14.9. The summed E-state index contributed by atoms with van der Waals surface area (Å²) in [6.45, 7) is 2.23. The third kappa shape index (κ3) is 4.38. The van der Waals surface area contributed by atoms with Gasteiger partial charge in [-0.3, -0.25) is 4.79 Å². The Balaban J connectivity index is 1.39. The fourth-order valence-electron chi connectivity index (χ4n) is 3.44. The molecule has 0 amide bonds. The number of halogens is 1. The Morgan fingerprint density at radius 2 is 1.97 bits per heavy atom. The first-order valence-corrected chi connectivity index (χ1v) is 10.9. The quantitative estimate of drug-likeness (QED) is 0.464. The van der Waals surface area contributed by atoms with E-state index in [1.807, 2.05) is 37.3 Å². The number of rotatable bonds is 8. The molecule has 0 saturated heterocycles. The summed E-state index contributed by atoms with van der Waals surface area (Å²) >= 11 is 1.50. The molecule has 1 saturated carbocycles. The van der Waals surface area contributed by atoms with Gasteiger partial charge in [0.05, 0.1) is 0 Å². The Morgan fingerprint density at radius 1 is 1.20 bits per heavy atom. The van der Waals surface area contributed by atoms with Gasteiger partial charge in [-0.25, -0.2) is 4.39 Å². The number of aryl methyl sites for hydroxylation is 1. The van der Waals surface area contributed by atoms with Crippen molar-refractivity contribution in [2.75, 3.05) is 0 Å². The fraction of sp³-hybridized carbons (Fsp3) is 0.292. The number of furan rings is 1. The molecule has 0 bridgehead atoms. The van der Waals surface area contributed by atoms with Gasteiger partial charge in [0.15, 0.2) is 0 Å². The van der Waals surface area contributed by atoms with Crippen LogP contribution >= 0.6 is 11.8 Å². The van der Waals surface area contributed by atoms with Crippen molar-refractivity contribution in [3.63, 3.8) is 0 Å². The molecule has 1 aliphatic rings. The number of hydrogen-bond acceptors (Lipinski definition) is 4. The van der Waals surface area contributed by atoms with E-state index in [0.717, 1.165) is 47.5 Å². The van der Waals surface area contributed by atoms with Crippen molar-refractivity contribution in [2.45, 2.75) is 43.3 Å². The van der Waals surface area contributed by atoms with Gasteiger partial charge in [0.25, 0.3) is 0 Å². The van der Waals surface area contributed by atoms with Crippen molar-refractivity contribution in [3.8, 4) is 17.1 Å². The summed E-state index contributed by atoms with van der Waals surface area (Å²) in [7, 11) is 0. The lowest BCUT2D eigenvalue weighted by Gasteiger charge is -2.36. The Labute approximate surface area is 179 Å². The number of carbonyl (C=O) groups is 1. The number of hydrogen-bond donors (Lipinski definition) is 1. The predicted octanol–water partition coefficient (Wildman–Crippen LogP) is 6.21. The minimum Gasteiger partial charge on any atom is -0.489 e. The number of thioether (sulfide) groups is 1. The smallest absolute Gasteiger partial charge is 0.319 e. The molecular weight excluding hydrogens is 403 g/mol. The molecule has 2 aromatic carbocycles. The van der Waals surface area contributed by atoms with Gasteiger partial charge in [0.1, 0.15) is 34.4 Å². The molecular formula is C24H23FO4S. The van der Waals surface area contributed by atoms with Gasteiger partial charge in [0.2, 0.25) is 0 Å². The van der Waals surface area contributed by atoms with Crippen LogP contribution in [0.4, 0.5) is 4.39 Å². The minimum absolute atomic E-state index is 0.282. The minimum atomic E-state index is -0.710. The highest BCUT2D eigenvalue weighted by Gasteiger charge is 2.44. The molecule has 156 valence electrons. The van der Waals surface area contributed by atoms with E-state index in [-0.39, 0.29) is 5.82 Å². The van der Waals surface area contributed by atoms with Gasteiger partial charge >= 0.3 is 5.97 Å². The van der Waals surface area contributed by atoms with Crippen LogP contribution < -0.4 is 4.74 Å². The molecule has 4 nitrogen and oxygen atoms in total. The summed E-state index contributed by atoms with van der Waals surface area (Å²) in [5.41, 5.74) is 2.78. The molecule has 0 radical (unpaired) electrons. The Hall–Kier alpha value is -2.73. The lowest BCUT2D eigenvalue weighted by molar-refractivity contribution is -0.142. The maximum atomic E-state index is 13.1. The second-order valence-electron chi connectivity index (χ2n) is 7.58. The Bertz CT molecular complexity index is 1040. The van der Waals surface area contributed by atoms with Crippen LogP contribution in [0.2, 0.25) is 0 Å². The zero-order chi connectivity index (χ0) is 21.1. The molecule has 0 unspecified atom stereocenters. The van der Waals surface area contributed by atoms with Crippen LogP contribution in [-0.4, -0.2) is 15.8 Å². The zero-order valence-corrected chi connectivity index (χ0v) is 17.5. The average molecular weight is 427 g/mol. The number of carboxylic acid groups (broad SMARTS) is 1. The van der Waals surface area contributed by atoms with Crippen LogP contribution in [0.15, 0.2) is 59.0 Å². The molecule has 0 spiro atoms. The van der Waals surface area contributed by atoms with Crippen molar-refractivity contribution < 1.29 is 23.4 Å². The predicted molar refractivity (Wildman–Crippen MR) is 115 cm³/mol. The van der Waals surface area contributed by atoms with E-state index in [4.69, 9.17) is 9.15 Å². The van der Waals surface area contributed by atoms with E-state index >= 15 is 0 Å². The van der Waals surface area contributed by atoms with E-state index in [9.17, 15) is 14.3 Å². The van der Waals surface area contributed by atoms with Gasteiger partial charge in [-0.1, -0.05) is 12.1 Å². The highest BCUT2D eigenvalue weighted by atomic mass is 32.2. The van der Waals surface area contributed by atoms with Crippen LogP contribution in [0.25, 0.3) is 11.3 Å². The third-order valence-electron chi connectivity index (χ3n) is 5.51. The molecule has 1 fully saturated rings. The Kier molecular flexibility index (Phi) is 5.86. The standard InChI is InChI=1S/C24H23FO4S/c1-16-19(13-22(29-16)18-6-8-20(25)9-7-18)14-28-21-5-2-4-17(12-21)15-30-24(23(26)27)10-3-11-24/h2,4-9,12-13H,3,10-11,14-15H2,1H3,(H,26,27). The van der Waals surface area contributed by atoms with Crippen LogP contribution in [0.1, 0.15) is 36.1 Å². The van der Waals surface area contributed by atoms with Crippen LogP contribution in [0.3, 0.4) is 0 Å². The van der Waals surface area contributed by atoms with E-state index in [1.54, 1.807) is 12.1 Å². The summed E-state index contributed by atoms with van der Waals surface area (Å²) in [5, 5.41) is 9.48. The molecule has 3 aromatic rings. The van der Waals surface area contributed by atoms with E-state index in [1.165, 1.54) is 23.9 Å². The molecule has 1 aromatic heterocycles. The maximum Gasteiger partial charge on any atom is 0.319 e. The van der Waals surface area contributed by atoms with Gasteiger partial charge in [-0.05, 0) is 74.2 Å². The Morgan fingerprint density at radius 3 is 2.63 bits per heavy atom. The SMILES string of the molecule is Cc1oc(-c2ccc(F)cc2)cc1COc1cccc(CSC2(C(=O)O)CCC2)c1. The van der Waals surface area contributed by atoms with Crippen LogP contribution in [-0.2, 0) is 17.2 Å². The van der Waals surface area contributed by atoms with E-state index < -0.39 is 10.7 Å².